The maximum atomic E-state index is 12.1. The molecule has 1 aliphatic rings. The standard InChI is InChI=1S/C12H16N2O2/c1-8-6-9(2)14(7-8)12(16)11-10(15)4-3-5-13-11/h3-5,8-9,15H,6-7H2,1-2H3. The van der Waals surface area contributed by atoms with E-state index in [1.165, 1.54) is 12.3 Å². The molecule has 0 bridgehead atoms. The number of likely N-dealkylation sites (tertiary alicyclic amines) is 1. The third kappa shape index (κ3) is 1.87. The van der Waals surface area contributed by atoms with Crippen molar-refractivity contribution in [3.63, 3.8) is 0 Å². The summed E-state index contributed by atoms with van der Waals surface area (Å²) in [7, 11) is 0. The topological polar surface area (TPSA) is 53.4 Å². The molecule has 1 fully saturated rings. The second-order valence-electron chi connectivity index (χ2n) is 4.52. The Hall–Kier alpha value is -1.58. The van der Waals surface area contributed by atoms with Crippen molar-refractivity contribution >= 4 is 5.91 Å². The average Bonchev–Trinajstić information content (AvgIpc) is 2.58. The van der Waals surface area contributed by atoms with Crippen LogP contribution in [-0.2, 0) is 0 Å². The lowest BCUT2D eigenvalue weighted by atomic mass is 10.1. The molecular weight excluding hydrogens is 204 g/mol. The third-order valence-electron chi connectivity index (χ3n) is 3.03. The third-order valence-corrected chi connectivity index (χ3v) is 3.03. The minimum atomic E-state index is -0.171. The smallest absolute Gasteiger partial charge is 0.276 e. The fraction of sp³-hybridized carbons (Fsp3) is 0.500. The highest BCUT2D eigenvalue weighted by atomic mass is 16.3. The summed E-state index contributed by atoms with van der Waals surface area (Å²) in [6, 6.07) is 3.33. The van der Waals surface area contributed by atoms with Crippen LogP contribution in [0.15, 0.2) is 18.3 Å². The van der Waals surface area contributed by atoms with Gasteiger partial charge in [0.05, 0.1) is 0 Å². The highest BCUT2D eigenvalue weighted by Gasteiger charge is 2.32. The molecule has 2 atom stereocenters. The Balaban J connectivity index is 2.23. The molecule has 1 aliphatic heterocycles. The van der Waals surface area contributed by atoms with Gasteiger partial charge in [0.2, 0.25) is 0 Å². The zero-order chi connectivity index (χ0) is 11.7. The van der Waals surface area contributed by atoms with Crippen LogP contribution >= 0.6 is 0 Å². The van der Waals surface area contributed by atoms with Crippen LogP contribution in [0.2, 0.25) is 0 Å². The summed E-state index contributed by atoms with van der Waals surface area (Å²) in [6.45, 7) is 4.90. The van der Waals surface area contributed by atoms with Crippen LogP contribution < -0.4 is 0 Å². The minimum Gasteiger partial charge on any atom is -0.505 e. The second-order valence-corrected chi connectivity index (χ2v) is 4.52. The van der Waals surface area contributed by atoms with Gasteiger partial charge in [0.25, 0.3) is 5.91 Å². The Labute approximate surface area is 94.9 Å². The fourth-order valence-electron chi connectivity index (χ4n) is 2.28. The van der Waals surface area contributed by atoms with Crippen molar-refractivity contribution in [1.29, 1.82) is 0 Å². The van der Waals surface area contributed by atoms with Crippen molar-refractivity contribution < 1.29 is 9.90 Å². The first-order valence-corrected chi connectivity index (χ1v) is 5.54. The number of amides is 1. The number of nitrogens with zero attached hydrogens (tertiary/aromatic N) is 2. The van der Waals surface area contributed by atoms with Gasteiger partial charge in [-0.15, -0.1) is 0 Å². The molecule has 4 nitrogen and oxygen atoms in total. The lowest BCUT2D eigenvalue weighted by Crippen LogP contribution is -2.34. The number of hydrogen-bond acceptors (Lipinski definition) is 3. The molecule has 0 saturated carbocycles. The Morgan fingerprint density at radius 2 is 2.31 bits per heavy atom. The number of carbonyl (C=O) groups excluding carboxylic acids is 1. The molecule has 2 unspecified atom stereocenters. The lowest BCUT2D eigenvalue weighted by Gasteiger charge is -2.21. The Kier molecular flexibility index (Phi) is 2.81. The monoisotopic (exact) mass is 220 g/mol. The van der Waals surface area contributed by atoms with Crippen LogP contribution in [0.5, 0.6) is 5.75 Å². The quantitative estimate of drug-likeness (QED) is 0.783. The molecule has 0 aromatic carbocycles. The van der Waals surface area contributed by atoms with E-state index in [1.54, 1.807) is 11.0 Å². The molecule has 1 N–H and O–H groups in total. The van der Waals surface area contributed by atoms with Gasteiger partial charge < -0.3 is 10.0 Å². The number of aromatic nitrogens is 1. The van der Waals surface area contributed by atoms with Crippen molar-refractivity contribution in [2.75, 3.05) is 6.54 Å². The van der Waals surface area contributed by atoms with E-state index in [2.05, 4.69) is 11.9 Å². The normalized spacial score (nSPS) is 24.8. The number of rotatable bonds is 1. The summed E-state index contributed by atoms with van der Waals surface area (Å²) in [5, 5.41) is 9.58. The van der Waals surface area contributed by atoms with Gasteiger partial charge in [-0.25, -0.2) is 4.98 Å². The molecule has 1 aromatic heterocycles. The molecule has 1 aromatic rings. The molecule has 0 radical (unpaired) electrons. The highest BCUT2D eigenvalue weighted by Crippen LogP contribution is 2.25. The van der Waals surface area contributed by atoms with Gasteiger partial charge >= 0.3 is 0 Å². The molecular formula is C12H16N2O2. The summed E-state index contributed by atoms with van der Waals surface area (Å²) in [4.78, 5) is 17.9. The van der Waals surface area contributed by atoms with Crippen LogP contribution in [0.1, 0.15) is 30.8 Å². The van der Waals surface area contributed by atoms with Crippen molar-refractivity contribution in [2.45, 2.75) is 26.3 Å². The van der Waals surface area contributed by atoms with E-state index in [0.717, 1.165) is 13.0 Å². The SMILES string of the molecule is CC1CC(C)N(C(=O)c2ncccc2O)C1. The van der Waals surface area contributed by atoms with Crippen LogP contribution in [0, 0.1) is 5.92 Å². The van der Waals surface area contributed by atoms with Crippen molar-refractivity contribution in [3.8, 4) is 5.75 Å². The van der Waals surface area contributed by atoms with E-state index < -0.39 is 0 Å². The Morgan fingerprint density at radius 1 is 1.56 bits per heavy atom. The first kappa shape index (κ1) is 10.9. The minimum absolute atomic E-state index is 0.0424. The Morgan fingerprint density at radius 3 is 2.88 bits per heavy atom. The van der Waals surface area contributed by atoms with Gasteiger partial charge in [-0.2, -0.15) is 0 Å². The first-order chi connectivity index (χ1) is 7.59. The van der Waals surface area contributed by atoms with Crippen LogP contribution in [0.25, 0.3) is 0 Å². The van der Waals surface area contributed by atoms with Crippen LogP contribution in [0.4, 0.5) is 0 Å². The van der Waals surface area contributed by atoms with Crippen molar-refractivity contribution in [1.82, 2.24) is 9.88 Å². The number of aromatic hydroxyl groups is 1. The van der Waals surface area contributed by atoms with Gasteiger partial charge in [0.15, 0.2) is 5.69 Å². The largest absolute Gasteiger partial charge is 0.505 e. The van der Waals surface area contributed by atoms with Gasteiger partial charge in [0, 0.05) is 18.8 Å². The van der Waals surface area contributed by atoms with Gasteiger partial charge in [0.1, 0.15) is 5.75 Å². The van der Waals surface area contributed by atoms with Crippen LogP contribution in [0.3, 0.4) is 0 Å². The zero-order valence-electron chi connectivity index (χ0n) is 9.55. The molecule has 16 heavy (non-hydrogen) atoms. The van der Waals surface area contributed by atoms with Gasteiger partial charge in [-0.3, -0.25) is 4.79 Å². The van der Waals surface area contributed by atoms with E-state index in [0.29, 0.717) is 5.92 Å². The maximum absolute atomic E-state index is 12.1. The number of hydrogen-bond donors (Lipinski definition) is 1. The summed E-state index contributed by atoms with van der Waals surface area (Å²) < 4.78 is 0. The van der Waals surface area contributed by atoms with Gasteiger partial charge in [-0.1, -0.05) is 6.92 Å². The summed E-state index contributed by atoms with van der Waals surface area (Å²) in [5.41, 5.74) is 0.156. The predicted octanol–water partition coefficient (Wildman–Crippen LogP) is 1.66. The molecule has 0 aliphatic carbocycles. The van der Waals surface area contributed by atoms with Crippen LogP contribution in [-0.4, -0.2) is 33.5 Å². The van der Waals surface area contributed by atoms with Gasteiger partial charge in [-0.05, 0) is 31.4 Å². The summed E-state index contributed by atoms with van der Waals surface area (Å²) >= 11 is 0. The molecule has 0 spiro atoms. The molecule has 1 amide bonds. The van der Waals surface area contributed by atoms with E-state index in [4.69, 9.17) is 0 Å². The second kappa shape index (κ2) is 4.12. The van der Waals surface area contributed by atoms with E-state index in [9.17, 15) is 9.90 Å². The van der Waals surface area contributed by atoms with Crippen molar-refractivity contribution in [3.05, 3.63) is 24.0 Å². The molecule has 2 rings (SSSR count). The van der Waals surface area contributed by atoms with Crippen molar-refractivity contribution in [2.24, 2.45) is 5.92 Å². The first-order valence-electron chi connectivity index (χ1n) is 5.54. The summed E-state index contributed by atoms with van der Waals surface area (Å²) in [5.74, 6) is 0.305. The predicted molar refractivity (Wildman–Crippen MR) is 60.2 cm³/mol. The molecule has 86 valence electrons. The molecule has 2 heterocycles. The zero-order valence-corrected chi connectivity index (χ0v) is 9.55. The fourth-order valence-corrected chi connectivity index (χ4v) is 2.28. The highest BCUT2D eigenvalue weighted by molar-refractivity contribution is 5.95. The molecule has 4 heteroatoms. The maximum Gasteiger partial charge on any atom is 0.276 e. The van der Waals surface area contributed by atoms with E-state index in [-0.39, 0.29) is 23.4 Å². The van der Waals surface area contributed by atoms with E-state index >= 15 is 0 Å². The number of pyridine rings is 1. The number of carbonyl (C=O) groups is 1. The summed E-state index contributed by atoms with van der Waals surface area (Å²) in [6.07, 6.45) is 2.54. The lowest BCUT2D eigenvalue weighted by molar-refractivity contribution is 0.0734. The average molecular weight is 220 g/mol. The molecule has 1 saturated heterocycles. The Bertz CT molecular complexity index is 406. The van der Waals surface area contributed by atoms with E-state index in [1.807, 2.05) is 6.92 Å².